The zero-order valence-corrected chi connectivity index (χ0v) is 11.8. The van der Waals surface area contributed by atoms with Crippen molar-refractivity contribution < 1.29 is 9.26 Å². The monoisotopic (exact) mass is 274 g/mol. The molecule has 0 saturated carbocycles. The van der Waals surface area contributed by atoms with Gasteiger partial charge >= 0.3 is 0 Å². The van der Waals surface area contributed by atoms with E-state index in [2.05, 4.69) is 20.0 Å². The van der Waals surface area contributed by atoms with Gasteiger partial charge in [0, 0.05) is 37.7 Å². The van der Waals surface area contributed by atoms with E-state index in [0.29, 0.717) is 12.5 Å². The third-order valence-electron chi connectivity index (χ3n) is 3.39. The molecule has 0 bridgehead atoms. The summed E-state index contributed by atoms with van der Waals surface area (Å²) in [7, 11) is 0. The lowest BCUT2D eigenvalue weighted by Crippen LogP contribution is -2.31. The Balaban J connectivity index is 1.76. The van der Waals surface area contributed by atoms with Crippen LogP contribution in [-0.2, 0) is 19.5 Å². The topological polar surface area (TPSA) is 64.3 Å². The maximum atomic E-state index is 5.60. The maximum absolute atomic E-state index is 5.60. The third-order valence-corrected chi connectivity index (χ3v) is 3.39. The first kappa shape index (κ1) is 13.1. The second-order valence-corrected chi connectivity index (χ2v) is 4.93. The van der Waals surface area contributed by atoms with Crippen LogP contribution in [0.2, 0.25) is 0 Å². The molecule has 0 N–H and O–H groups in total. The molecule has 6 heteroatoms. The van der Waals surface area contributed by atoms with Crippen molar-refractivity contribution in [2.24, 2.45) is 0 Å². The number of ether oxygens (including phenoxy) is 1. The van der Waals surface area contributed by atoms with E-state index >= 15 is 0 Å². The lowest BCUT2D eigenvalue weighted by molar-refractivity contribution is 0.225. The quantitative estimate of drug-likeness (QED) is 0.846. The summed E-state index contributed by atoms with van der Waals surface area (Å²) in [6.07, 6.45) is 2.50. The van der Waals surface area contributed by atoms with Gasteiger partial charge in [0.1, 0.15) is 12.1 Å². The number of fused-ring (bicyclic) bond motifs is 1. The summed E-state index contributed by atoms with van der Waals surface area (Å²) in [5, 5.41) is 4.05. The highest BCUT2D eigenvalue weighted by molar-refractivity contribution is 5.31. The number of hydrogen-bond acceptors (Lipinski definition) is 6. The molecule has 0 spiro atoms. The summed E-state index contributed by atoms with van der Waals surface area (Å²) in [6, 6.07) is 1.97. The summed E-state index contributed by atoms with van der Waals surface area (Å²) in [4.78, 5) is 10.9. The molecule has 6 nitrogen and oxygen atoms in total. The first-order valence-electron chi connectivity index (χ1n) is 6.86. The van der Waals surface area contributed by atoms with Gasteiger partial charge in [0.05, 0.1) is 18.0 Å². The van der Waals surface area contributed by atoms with Crippen LogP contribution in [0, 0.1) is 6.92 Å². The Morgan fingerprint density at radius 2 is 2.30 bits per heavy atom. The Morgan fingerprint density at radius 3 is 3.05 bits per heavy atom. The summed E-state index contributed by atoms with van der Waals surface area (Å²) >= 11 is 0. The molecule has 20 heavy (non-hydrogen) atoms. The second kappa shape index (κ2) is 5.58. The molecule has 0 atom stereocenters. The molecule has 0 aliphatic carbocycles. The average Bonchev–Trinajstić information content (AvgIpc) is 2.85. The van der Waals surface area contributed by atoms with Gasteiger partial charge in [-0.15, -0.1) is 0 Å². The van der Waals surface area contributed by atoms with Crippen molar-refractivity contribution in [3.8, 4) is 5.88 Å². The lowest BCUT2D eigenvalue weighted by atomic mass is 10.1. The summed E-state index contributed by atoms with van der Waals surface area (Å²) in [5.74, 6) is 1.55. The van der Waals surface area contributed by atoms with Gasteiger partial charge in [-0.2, -0.15) is 0 Å². The first-order valence-corrected chi connectivity index (χ1v) is 6.86. The molecule has 2 aromatic rings. The van der Waals surface area contributed by atoms with Crippen molar-refractivity contribution in [1.29, 1.82) is 0 Å². The SMILES string of the molecule is CCOc1ncnc2c1CN(Cc1cc(C)on1)CC2. The van der Waals surface area contributed by atoms with Gasteiger partial charge in [-0.3, -0.25) is 4.90 Å². The van der Waals surface area contributed by atoms with E-state index in [1.807, 2.05) is 19.9 Å². The maximum Gasteiger partial charge on any atom is 0.221 e. The van der Waals surface area contributed by atoms with Crippen molar-refractivity contribution in [1.82, 2.24) is 20.0 Å². The molecule has 1 aliphatic rings. The van der Waals surface area contributed by atoms with E-state index in [1.165, 1.54) is 0 Å². The van der Waals surface area contributed by atoms with E-state index in [9.17, 15) is 0 Å². The van der Waals surface area contributed by atoms with Gasteiger partial charge in [0.25, 0.3) is 0 Å². The van der Waals surface area contributed by atoms with Gasteiger partial charge in [-0.1, -0.05) is 5.16 Å². The molecule has 0 amide bonds. The molecule has 0 saturated heterocycles. The van der Waals surface area contributed by atoms with Gasteiger partial charge < -0.3 is 9.26 Å². The van der Waals surface area contributed by atoms with Crippen LogP contribution in [0.5, 0.6) is 5.88 Å². The van der Waals surface area contributed by atoms with Gasteiger partial charge in [-0.05, 0) is 13.8 Å². The molecule has 0 aromatic carbocycles. The molecule has 0 unspecified atom stereocenters. The summed E-state index contributed by atoms with van der Waals surface area (Å²) in [5.41, 5.74) is 3.15. The van der Waals surface area contributed by atoms with Crippen LogP contribution >= 0.6 is 0 Å². The fourth-order valence-corrected chi connectivity index (χ4v) is 2.49. The number of aryl methyl sites for hydroxylation is 1. The molecular formula is C14H18N4O2. The molecule has 0 fully saturated rings. The Labute approximate surface area is 117 Å². The highest BCUT2D eigenvalue weighted by Gasteiger charge is 2.22. The zero-order valence-electron chi connectivity index (χ0n) is 11.8. The fraction of sp³-hybridized carbons (Fsp3) is 0.500. The molecule has 106 valence electrons. The second-order valence-electron chi connectivity index (χ2n) is 4.93. The van der Waals surface area contributed by atoms with Crippen molar-refractivity contribution >= 4 is 0 Å². The number of rotatable bonds is 4. The van der Waals surface area contributed by atoms with E-state index in [1.54, 1.807) is 6.33 Å². The molecule has 2 aromatic heterocycles. The van der Waals surface area contributed by atoms with Crippen molar-refractivity contribution in [3.05, 3.63) is 35.1 Å². The molecule has 3 rings (SSSR count). The minimum absolute atomic E-state index is 0.617. The standard InChI is InChI=1S/C14H18N4O2/c1-3-19-14-12-8-18(5-4-13(12)15-9-16-14)7-11-6-10(2)20-17-11/h6,9H,3-5,7-8H2,1-2H3. The van der Waals surface area contributed by atoms with Crippen molar-refractivity contribution in [2.45, 2.75) is 33.4 Å². The number of aromatic nitrogens is 3. The summed E-state index contributed by atoms with van der Waals surface area (Å²) < 4.78 is 10.7. The molecule has 3 heterocycles. The molecule has 1 aliphatic heterocycles. The highest BCUT2D eigenvalue weighted by atomic mass is 16.5. The van der Waals surface area contributed by atoms with Crippen LogP contribution in [0.25, 0.3) is 0 Å². The van der Waals surface area contributed by atoms with Gasteiger partial charge in [-0.25, -0.2) is 9.97 Å². The van der Waals surface area contributed by atoms with Crippen molar-refractivity contribution in [2.75, 3.05) is 13.2 Å². The average molecular weight is 274 g/mol. The van der Waals surface area contributed by atoms with Crippen LogP contribution in [0.3, 0.4) is 0 Å². The Morgan fingerprint density at radius 1 is 1.40 bits per heavy atom. The third kappa shape index (κ3) is 2.65. The first-order chi connectivity index (χ1) is 9.76. The number of hydrogen-bond donors (Lipinski definition) is 0. The van der Waals surface area contributed by atoms with E-state index in [-0.39, 0.29) is 0 Å². The van der Waals surface area contributed by atoms with Crippen LogP contribution in [-0.4, -0.2) is 33.2 Å². The van der Waals surface area contributed by atoms with E-state index < -0.39 is 0 Å². The smallest absolute Gasteiger partial charge is 0.221 e. The zero-order chi connectivity index (χ0) is 13.9. The predicted molar refractivity (Wildman–Crippen MR) is 72.3 cm³/mol. The van der Waals surface area contributed by atoms with Crippen molar-refractivity contribution in [3.63, 3.8) is 0 Å². The Kier molecular flexibility index (Phi) is 3.64. The normalized spacial score (nSPS) is 15.1. The minimum Gasteiger partial charge on any atom is -0.478 e. The lowest BCUT2D eigenvalue weighted by Gasteiger charge is -2.27. The van der Waals surface area contributed by atoms with Gasteiger partial charge in [0.2, 0.25) is 5.88 Å². The van der Waals surface area contributed by atoms with Crippen LogP contribution in [0.4, 0.5) is 0 Å². The highest BCUT2D eigenvalue weighted by Crippen LogP contribution is 2.25. The molecule has 0 radical (unpaired) electrons. The Bertz CT molecular complexity index is 597. The van der Waals surface area contributed by atoms with Gasteiger partial charge in [0.15, 0.2) is 0 Å². The van der Waals surface area contributed by atoms with Crippen LogP contribution in [0.15, 0.2) is 16.9 Å². The van der Waals surface area contributed by atoms with E-state index in [4.69, 9.17) is 9.26 Å². The predicted octanol–water partition coefficient (Wildman–Crippen LogP) is 1.73. The fourth-order valence-electron chi connectivity index (χ4n) is 2.49. The summed E-state index contributed by atoms with van der Waals surface area (Å²) in [6.45, 7) is 7.01. The van der Waals surface area contributed by atoms with E-state index in [0.717, 1.165) is 48.8 Å². The Hall–Kier alpha value is -1.95. The van der Waals surface area contributed by atoms with Crippen LogP contribution < -0.4 is 4.74 Å². The number of nitrogens with zero attached hydrogens (tertiary/aromatic N) is 4. The minimum atomic E-state index is 0.617. The van der Waals surface area contributed by atoms with Crippen LogP contribution in [0.1, 0.15) is 29.6 Å². The molecular weight excluding hydrogens is 256 g/mol. The largest absolute Gasteiger partial charge is 0.478 e.